The maximum Gasteiger partial charge on any atom is 0.337 e. The van der Waals surface area contributed by atoms with Crippen LogP contribution in [0.3, 0.4) is 0 Å². The number of carbonyl (C=O) groups is 2. The summed E-state index contributed by atoms with van der Waals surface area (Å²) in [5.74, 6) is -4.05. The summed E-state index contributed by atoms with van der Waals surface area (Å²) < 4.78 is 26.5. The average Bonchev–Trinajstić information content (AvgIpc) is 2.44. The van der Waals surface area contributed by atoms with Crippen LogP contribution in [0.15, 0.2) is 36.7 Å². The molecule has 1 amide bonds. The smallest absolute Gasteiger partial charge is 0.337 e. The van der Waals surface area contributed by atoms with Crippen LogP contribution in [0.2, 0.25) is 0 Å². The average molecular weight is 292 g/mol. The van der Waals surface area contributed by atoms with Crippen molar-refractivity contribution in [3.05, 3.63) is 59.4 Å². The molecule has 0 saturated carbocycles. The molecule has 1 aromatic heterocycles. The molecule has 0 unspecified atom stereocenters. The van der Waals surface area contributed by atoms with Crippen LogP contribution in [0.4, 0.5) is 14.5 Å². The highest BCUT2D eigenvalue weighted by Gasteiger charge is 2.15. The number of rotatable bonds is 4. The standard InChI is InChI=1S/C14H10F2N2O3/c15-10-3-1-2-8(13(10)16)6-12(19)18-11-7-17-5-4-9(11)14(20)21/h1-5,7H,6H2,(H,18,19)(H,20,21). The number of amides is 1. The summed E-state index contributed by atoms with van der Waals surface area (Å²) >= 11 is 0. The van der Waals surface area contributed by atoms with Crippen molar-refractivity contribution >= 4 is 17.6 Å². The van der Waals surface area contributed by atoms with Gasteiger partial charge < -0.3 is 10.4 Å². The molecule has 0 aliphatic heterocycles. The number of nitrogens with zero attached hydrogens (tertiary/aromatic N) is 1. The molecule has 0 bridgehead atoms. The highest BCUT2D eigenvalue weighted by Crippen LogP contribution is 2.16. The van der Waals surface area contributed by atoms with E-state index in [1.807, 2.05) is 0 Å². The number of carboxylic acid groups (broad SMARTS) is 1. The number of hydrogen-bond acceptors (Lipinski definition) is 3. The molecule has 5 nitrogen and oxygen atoms in total. The molecule has 0 aliphatic rings. The fraction of sp³-hybridized carbons (Fsp3) is 0.0714. The molecule has 0 fully saturated rings. The largest absolute Gasteiger partial charge is 0.478 e. The molecule has 1 aromatic carbocycles. The van der Waals surface area contributed by atoms with Gasteiger partial charge in [-0.25, -0.2) is 13.6 Å². The second-order valence-corrected chi connectivity index (χ2v) is 4.16. The normalized spacial score (nSPS) is 10.2. The van der Waals surface area contributed by atoms with Crippen molar-refractivity contribution in [2.24, 2.45) is 0 Å². The van der Waals surface area contributed by atoms with Gasteiger partial charge in [0.15, 0.2) is 11.6 Å². The van der Waals surface area contributed by atoms with E-state index in [4.69, 9.17) is 5.11 Å². The molecular weight excluding hydrogens is 282 g/mol. The topological polar surface area (TPSA) is 79.3 Å². The van der Waals surface area contributed by atoms with Gasteiger partial charge in [-0.05, 0) is 12.1 Å². The maximum atomic E-state index is 13.4. The maximum absolute atomic E-state index is 13.4. The molecule has 1 heterocycles. The lowest BCUT2D eigenvalue weighted by Crippen LogP contribution is -2.17. The third-order valence-electron chi connectivity index (χ3n) is 2.71. The summed E-state index contributed by atoms with van der Waals surface area (Å²) in [7, 11) is 0. The summed E-state index contributed by atoms with van der Waals surface area (Å²) in [6.07, 6.45) is 2.02. The van der Waals surface area contributed by atoms with E-state index in [9.17, 15) is 18.4 Å². The minimum atomic E-state index is -1.23. The molecule has 0 radical (unpaired) electrons. The minimum absolute atomic E-state index is 0.00758. The monoisotopic (exact) mass is 292 g/mol. The number of anilines is 1. The van der Waals surface area contributed by atoms with Crippen molar-refractivity contribution < 1.29 is 23.5 Å². The molecule has 0 saturated heterocycles. The molecule has 0 spiro atoms. The summed E-state index contributed by atoms with van der Waals surface area (Å²) in [5.41, 5.74) is -0.266. The van der Waals surface area contributed by atoms with Crippen LogP contribution in [0, 0.1) is 11.6 Å². The number of carbonyl (C=O) groups excluding carboxylic acids is 1. The first-order valence-electron chi connectivity index (χ1n) is 5.89. The predicted molar refractivity (Wildman–Crippen MR) is 69.9 cm³/mol. The van der Waals surface area contributed by atoms with Crippen molar-refractivity contribution in [3.8, 4) is 0 Å². The molecule has 0 atom stereocenters. The van der Waals surface area contributed by atoms with Crippen molar-refractivity contribution in [1.82, 2.24) is 4.98 Å². The van der Waals surface area contributed by atoms with Crippen LogP contribution in [0.25, 0.3) is 0 Å². The van der Waals surface area contributed by atoms with E-state index in [1.165, 1.54) is 30.6 Å². The van der Waals surface area contributed by atoms with Crippen LogP contribution in [0.5, 0.6) is 0 Å². The summed E-state index contributed by atoms with van der Waals surface area (Å²) in [6.45, 7) is 0. The predicted octanol–water partition coefficient (Wildman–Crippen LogP) is 2.24. The summed E-state index contributed by atoms with van der Waals surface area (Å²) in [4.78, 5) is 26.5. The molecule has 21 heavy (non-hydrogen) atoms. The fourth-order valence-electron chi connectivity index (χ4n) is 1.73. The second kappa shape index (κ2) is 6.08. The van der Waals surface area contributed by atoms with Crippen molar-refractivity contribution in [2.75, 3.05) is 5.32 Å². The van der Waals surface area contributed by atoms with E-state index in [0.29, 0.717) is 0 Å². The Balaban J connectivity index is 2.16. The van der Waals surface area contributed by atoms with Crippen LogP contribution in [-0.2, 0) is 11.2 Å². The number of aromatic carboxylic acids is 1. The van der Waals surface area contributed by atoms with E-state index >= 15 is 0 Å². The van der Waals surface area contributed by atoms with Gasteiger partial charge in [0, 0.05) is 11.8 Å². The Morgan fingerprint density at radius 3 is 2.71 bits per heavy atom. The van der Waals surface area contributed by atoms with E-state index in [0.717, 1.165) is 6.07 Å². The molecular formula is C14H10F2N2O3. The highest BCUT2D eigenvalue weighted by molar-refractivity contribution is 6.00. The Labute approximate surface area is 118 Å². The number of hydrogen-bond donors (Lipinski definition) is 2. The lowest BCUT2D eigenvalue weighted by Gasteiger charge is -2.08. The zero-order valence-electron chi connectivity index (χ0n) is 10.6. The zero-order valence-corrected chi connectivity index (χ0v) is 10.6. The van der Waals surface area contributed by atoms with Gasteiger partial charge in [-0.15, -0.1) is 0 Å². The SMILES string of the molecule is O=C(Cc1cccc(F)c1F)Nc1cnccc1C(=O)O. The van der Waals surface area contributed by atoms with E-state index in [1.54, 1.807) is 0 Å². The third kappa shape index (κ3) is 3.38. The first-order valence-corrected chi connectivity index (χ1v) is 5.89. The van der Waals surface area contributed by atoms with Crippen LogP contribution in [-0.4, -0.2) is 22.0 Å². The van der Waals surface area contributed by atoms with Gasteiger partial charge in [-0.2, -0.15) is 0 Å². The van der Waals surface area contributed by atoms with E-state index < -0.39 is 29.9 Å². The molecule has 2 rings (SSSR count). The number of carboxylic acids is 1. The quantitative estimate of drug-likeness (QED) is 0.905. The van der Waals surface area contributed by atoms with Gasteiger partial charge in [0.25, 0.3) is 0 Å². The van der Waals surface area contributed by atoms with Gasteiger partial charge in [-0.1, -0.05) is 12.1 Å². The molecule has 7 heteroatoms. The van der Waals surface area contributed by atoms with Crippen molar-refractivity contribution in [2.45, 2.75) is 6.42 Å². The summed E-state index contributed by atoms with van der Waals surface area (Å²) in [5, 5.41) is 11.3. The van der Waals surface area contributed by atoms with Gasteiger partial charge in [-0.3, -0.25) is 9.78 Å². The Hall–Kier alpha value is -2.83. The van der Waals surface area contributed by atoms with Crippen molar-refractivity contribution in [1.29, 1.82) is 0 Å². The van der Waals surface area contributed by atoms with Crippen LogP contribution >= 0.6 is 0 Å². The molecule has 2 N–H and O–H groups in total. The Morgan fingerprint density at radius 2 is 2.00 bits per heavy atom. The molecule has 108 valence electrons. The van der Waals surface area contributed by atoms with Crippen LogP contribution < -0.4 is 5.32 Å². The van der Waals surface area contributed by atoms with Gasteiger partial charge in [0.05, 0.1) is 23.9 Å². The zero-order chi connectivity index (χ0) is 15.4. The number of benzene rings is 1. The lowest BCUT2D eigenvalue weighted by molar-refractivity contribution is -0.115. The van der Waals surface area contributed by atoms with E-state index in [-0.39, 0.29) is 16.8 Å². The Morgan fingerprint density at radius 1 is 1.24 bits per heavy atom. The first kappa shape index (κ1) is 14.6. The van der Waals surface area contributed by atoms with Gasteiger partial charge in [0.1, 0.15) is 0 Å². The van der Waals surface area contributed by atoms with Gasteiger partial charge >= 0.3 is 5.97 Å². The number of pyridine rings is 1. The number of nitrogens with one attached hydrogen (secondary N) is 1. The fourth-order valence-corrected chi connectivity index (χ4v) is 1.73. The van der Waals surface area contributed by atoms with Crippen molar-refractivity contribution in [3.63, 3.8) is 0 Å². The molecule has 2 aromatic rings. The number of aromatic nitrogens is 1. The first-order chi connectivity index (χ1) is 9.99. The Kier molecular flexibility index (Phi) is 4.22. The van der Waals surface area contributed by atoms with Crippen LogP contribution in [0.1, 0.15) is 15.9 Å². The van der Waals surface area contributed by atoms with E-state index in [2.05, 4.69) is 10.3 Å². The second-order valence-electron chi connectivity index (χ2n) is 4.16. The third-order valence-corrected chi connectivity index (χ3v) is 2.71. The highest BCUT2D eigenvalue weighted by atomic mass is 19.2. The summed E-state index contributed by atoms with van der Waals surface area (Å²) in [6, 6.07) is 4.73. The minimum Gasteiger partial charge on any atom is -0.478 e. The van der Waals surface area contributed by atoms with Gasteiger partial charge in [0.2, 0.25) is 5.91 Å². The lowest BCUT2D eigenvalue weighted by atomic mass is 10.1. The molecule has 0 aliphatic carbocycles. The Bertz CT molecular complexity index is 704. The number of halogens is 2.